The van der Waals surface area contributed by atoms with Gasteiger partial charge >= 0.3 is 6.18 Å². The number of nitrogens with zero attached hydrogens (tertiary/aromatic N) is 4. The number of hydrogen-bond acceptors (Lipinski definition) is 5. The van der Waals surface area contributed by atoms with E-state index in [0.717, 1.165) is 17.3 Å². The summed E-state index contributed by atoms with van der Waals surface area (Å²) in [5, 5.41) is 11.1. The van der Waals surface area contributed by atoms with Gasteiger partial charge in [-0.15, -0.1) is 21.5 Å². The van der Waals surface area contributed by atoms with Crippen molar-refractivity contribution < 1.29 is 13.2 Å². The molecule has 0 N–H and O–H groups in total. The molecule has 23 heavy (non-hydrogen) atoms. The van der Waals surface area contributed by atoms with Crippen LogP contribution in [0.15, 0.2) is 34.8 Å². The molecule has 0 amide bonds. The van der Waals surface area contributed by atoms with Crippen LogP contribution in [0.5, 0.6) is 0 Å². The number of alkyl halides is 3. The van der Waals surface area contributed by atoms with Crippen LogP contribution in [-0.4, -0.2) is 26.0 Å². The van der Waals surface area contributed by atoms with E-state index in [1.165, 1.54) is 29.2 Å². The first-order valence-corrected chi connectivity index (χ1v) is 8.57. The van der Waals surface area contributed by atoms with Gasteiger partial charge in [0.05, 0.1) is 5.56 Å². The van der Waals surface area contributed by atoms with Gasteiger partial charge in [-0.3, -0.25) is 0 Å². The lowest BCUT2D eigenvalue weighted by Crippen LogP contribution is -2.04. The quantitative estimate of drug-likeness (QED) is 0.655. The Kier molecular flexibility index (Phi) is 4.15. The lowest BCUT2D eigenvalue weighted by Gasteiger charge is -2.07. The van der Waals surface area contributed by atoms with Gasteiger partial charge in [-0.05, 0) is 18.4 Å². The number of halogens is 3. The summed E-state index contributed by atoms with van der Waals surface area (Å²) in [6.07, 6.45) is -2.48. The first-order valence-electron chi connectivity index (χ1n) is 6.47. The van der Waals surface area contributed by atoms with Crippen molar-refractivity contribution in [2.45, 2.75) is 11.3 Å². The third kappa shape index (κ3) is 3.11. The van der Waals surface area contributed by atoms with E-state index >= 15 is 0 Å². The minimum Gasteiger partial charge on any atom is -0.304 e. The van der Waals surface area contributed by atoms with E-state index in [1.54, 1.807) is 16.0 Å². The van der Waals surface area contributed by atoms with E-state index in [2.05, 4.69) is 15.2 Å². The molecular formula is C14H11F3N4S2. The minimum absolute atomic E-state index is 0.434. The van der Waals surface area contributed by atoms with Crippen molar-refractivity contribution in [1.82, 2.24) is 19.7 Å². The van der Waals surface area contributed by atoms with Crippen molar-refractivity contribution in [3.8, 4) is 22.1 Å². The predicted molar refractivity (Wildman–Crippen MR) is 84.3 cm³/mol. The molecule has 0 aliphatic heterocycles. The Morgan fingerprint density at radius 3 is 2.65 bits per heavy atom. The van der Waals surface area contributed by atoms with Crippen LogP contribution in [0.4, 0.5) is 13.2 Å². The van der Waals surface area contributed by atoms with Crippen molar-refractivity contribution >= 4 is 23.1 Å². The molecule has 2 aromatic heterocycles. The minimum atomic E-state index is -4.37. The number of rotatable bonds is 3. The molecule has 0 aliphatic carbocycles. The molecule has 0 spiro atoms. The van der Waals surface area contributed by atoms with E-state index in [1.807, 2.05) is 13.3 Å². The summed E-state index contributed by atoms with van der Waals surface area (Å²) in [6.45, 7) is 0. The summed E-state index contributed by atoms with van der Waals surface area (Å²) in [7, 11) is 1.82. The largest absolute Gasteiger partial charge is 0.416 e. The normalized spacial score (nSPS) is 11.9. The Hall–Kier alpha value is -1.87. The molecule has 0 fully saturated rings. The third-order valence-electron chi connectivity index (χ3n) is 3.19. The second-order valence-corrected chi connectivity index (χ2v) is 6.32. The summed E-state index contributed by atoms with van der Waals surface area (Å²) in [4.78, 5) is 4.40. The first-order chi connectivity index (χ1) is 10.9. The first kappa shape index (κ1) is 16.0. The Labute approximate surface area is 138 Å². The molecule has 0 aliphatic rings. The smallest absolute Gasteiger partial charge is 0.304 e. The highest BCUT2D eigenvalue weighted by Gasteiger charge is 2.30. The van der Waals surface area contributed by atoms with E-state index in [4.69, 9.17) is 0 Å². The lowest BCUT2D eigenvalue weighted by molar-refractivity contribution is -0.137. The second kappa shape index (κ2) is 5.97. The number of thioether (sulfide) groups is 1. The average molecular weight is 356 g/mol. The average Bonchev–Trinajstić information content (AvgIpc) is 3.13. The van der Waals surface area contributed by atoms with Gasteiger partial charge in [0.1, 0.15) is 10.7 Å². The molecular weight excluding hydrogens is 345 g/mol. The van der Waals surface area contributed by atoms with E-state index in [-0.39, 0.29) is 0 Å². The highest BCUT2D eigenvalue weighted by molar-refractivity contribution is 7.98. The van der Waals surface area contributed by atoms with Gasteiger partial charge in [-0.1, -0.05) is 23.9 Å². The number of benzene rings is 1. The van der Waals surface area contributed by atoms with Crippen LogP contribution in [0.2, 0.25) is 0 Å². The zero-order chi connectivity index (χ0) is 16.6. The van der Waals surface area contributed by atoms with Crippen molar-refractivity contribution in [1.29, 1.82) is 0 Å². The molecule has 9 heteroatoms. The fraction of sp³-hybridized carbons (Fsp3) is 0.214. The standard InChI is InChI=1S/C14H11F3N4S2/c1-21-11(19-20-13(21)22-2)10-7-23-12(18-10)8-4-3-5-9(6-8)14(15,16)17/h3-7H,1-2H3. The molecule has 1 aromatic carbocycles. The van der Waals surface area contributed by atoms with Crippen molar-refractivity contribution in [3.05, 3.63) is 35.2 Å². The van der Waals surface area contributed by atoms with Crippen LogP contribution >= 0.6 is 23.1 Å². The highest BCUT2D eigenvalue weighted by Crippen LogP contribution is 2.34. The van der Waals surface area contributed by atoms with Gasteiger partial charge in [0.2, 0.25) is 0 Å². The Bertz CT molecular complexity index is 839. The maximum absolute atomic E-state index is 12.8. The Morgan fingerprint density at radius 1 is 1.22 bits per heavy atom. The molecule has 0 atom stereocenters. The van der Waals surface area contributed by atoms with E-state index in [9.17, 15) is 13.2 Å². The number of aromatic nitrogens is 4. The monoisotopic (exact) mass is 356 g/mol. The van der Waals surface area contributed by atoms with Crippen LogP contribution < -0.4 is 0 Å². The third-order valence-corrected chi connectivity index (χ3v) is 4.80. The van der Waals surface area contributed by atoms with Crippen LogP contribution in [0.25, 0.3) is 22.1 Å². The molecule has 0 radical (unpaired) electrons. The molecule has 0 saturated heterocycles. The molecule has 3 aromatic rings. The lowest BCUT2D eigenvalue weighted by atomic mass is 10.1. The topological polar surface area (TPSA) is 43.6 Å². The Balaban J connectivity index is 1.98. The number of hydrogen-bond donors (Lipinski definition) is 0. The SMILES string of the molecule is CSc1nnc(-c2csc(-c3cccc(C(F)(F)F)c3)n2)n1C. The summed E-state index contributed by atoms with van der Waals surface area (Å²) in [5.41, 5.74) is 0.344. The summed E-state index contributed by atoms with van der Waals surface area (Å²) >= 11 is 2.73. The van der Waals surface area contributed by atoms with Crippen molar-refractivity contribution in [2.24, 2.45) is 7.05 Å². The van der Waals surface area contributed by atoms with Crippen molar-refractivity contribution in [3.63, 3.8) is 0 Å². The van der Waals surface area contributed by atoms with E-state index in [0.29, 0.717) is 22.1 Å². The van der Waals surface area contributed by atoms with E-state index < -0.39 is 11.7 Å². The maximum atomic E-state index is 12.8. The summed E-state index contributed by atoms with van der Waals surface area (Å²) in [6, 6.07) is 5.15. The highest BCUT2D eigenvalue weighted by atomic mass is 32.2. The van der Waals surface area contributed by atoms with Crippen LogP contribution in [0.3, 0.4) is 0 Å². The van der Waals surface area contributed by atoms with Gasteiger partial charge in [0.25, 0.3) is 0 Å². The molecule has 4 nitrogen and oxygen atoms in total. The maximum Gasteiger partial charge on any atom is 0.416 e. The fourth-order valence-corrected chi connectivity index (χ4v) is 3.33. The molecule has 0 saturated carbocycles. The molecule has 2 heterocycles. The van der Waals surface area contributed by atoms with Gasteiger partial charge < -0.3 is 4.57 Å². The summed E-state index contributed by atoms with van der Waals surface area (Å²) < 4.78 is 40.2. The van der Waals surface area contributed by atoms with Crippen molar-refractivity contribution in [2.75, 3.05) is 6.26 Å². The predicted octanol–water partition coefficient (Wildman–Crippen LogP) is 4.35. The Morgan fingerprint density at radius 2 is 2.00 bits per heavy atom. The zero-order valence-corrected chi connectivity index (χ0v) is 13.8. The van der Waals surface area contributed by atoms with Gasteiger partial charge in [0.15, 0.2) is 11.0 Å². The molecule has 3 rings (SSSR count). The molecule has 120 valence electrons. The van der Waals surface area contributed by atoms with Crippen LogP contribution in [-0.2, 0) is 13.2 Å². The van der Waals surface area contributed by atoms with Crippen LogP contribution in [0, 0.1) is 0 Å². The zero-order valence-electron chi connectivity index (χ0n) is 12.1. The molecule has 0 unspecified atom stereocenters. The molecule has 0 bridgehead atoms. The second-order valence-electron chi connectivity index (χ2n) is 4.69. The summed E-state index contributed by atoms with van der Waals surface area (Å²) in [5.74, 6) is 0.587. The number of thiazole rings is 1. The fourth-order valence-electron chi connectivity index (χ4n) is 2.05. The van der Waals surface area contributed by atoms with Gasteiger partial charge in [-0.25, -0.2) is 4.98 Å². The van der Waals surface area contributed by atoms with Gasteiger partial charge in [-0.2, -0.15) is 13.2 Å². The van der Waals surface area contributed by atoms with Crippen LogP contribution in [0.1, 0.15) is 5.56 Å². The van der Waals surface area contributed by atoms with Gasteiger partial charge in [0, 0.05) is 18.0 Å².